The molecule has 1 rings (SSSR count). The second kappa shape index (κ2) is 9.58. The second-order valence-electron chi connectivity index (χ2n) is 5.31. The van der Waals surface area contributed by atoms with Crippen molar-refractivity contribution in [2.75, 3.05) is 38.2 Å². The molecule has 5 nitrogen and oxygen atoms in total. The van der Waals surface area contributed by atoms with Crippen molar-refractivity contribution in [3.8, 4) is 0 Å². The zero-order valence-electron chi connectivity index (χ0n) is 12.4. The molecule has 0 aromatic heterocycles. The largest absolute Gasteiger partial charge is 0.342 e. The molecule has 0 aromatic rings. The Balaban J connectivity index is 0.00000361. The SMILES string of the molecule is CCCS(=O)(=O)CC(=O)N1CCC(CCNC)CC1.Cl. The van der Waals surface area contributed by atoms with Crippen LogP contribution >= 0.6 is 12.4 Å². The number of sulfone groups is 1. The molecule has 1 aliphatic heterocycles. The molecule has 0 bridgehead atoms. The van der Waals surface area contributed by atoms with Crippen LogP contribution in [0.25, 0.3) is 0 Å². The van der Waals surface area contributed by atoms with Gasteiger partial charge in [-0.2, -0.15) is 0 Å². The van der Waals surface area contributed by atoms with Crippen LogP contribution in [0.2, 0.25) is 0 Å². The molecule has 0 aliphatic carbocycles. The monoisotopic (exact) mass is 326 g/mol. The number of hydrogen-bond acceptors (Lipinski definition) is 4. The highest BCUT2D eigenvalue weighted by atomic mass is 35.5. The number of likely N-dealkylation sites (tertiary alicyclic amines) is 1. The summed E-state index contributed by atoms with van der Waals surface area (Å²) in [4.78, 5) is 13.7. The molecule has 1 saturated heterocycles. The average molecular weight is 327 g/mol. The number of amides is 1. The highest BCUT2D eigenvalue weighted by molar-refractivity contribution is 7.92. The fourth-order valence-corrected chi connectivity index (χ4v) is 3.81. The van der Waals surface area contributed by atoms with E-state index in [2.05, 4.69) is 5.32 Å². The van der Waals surface area contributed by atoms with Gasteiger partial charge in [-0.1, -0.05) is 6.92 Å². The van der Waals surface area contributed by atoms with E-state index in [0.717, 1.165) is 25.8 Å². The van der Waals surface area contributed by atoms with Crippen molar-refractivity contribution in [1.82, 2.24) is 10.2 Å². The third kappa shape index (κ3) is 6.90. The van der Waals surface area contributed by atoms with Crippen LogP contribution in [0, 0.1) is 5.92 Å². The van der Waals surface area contributed by atoms with Crippen LogP contribution in [0.15, 0.2) is 0 Å². The smallest absolute Gasteiger partial charge is 0.237 e. The molecule has 0 saturated carbocycles. The first-order valence-corrected chi connectivity index (χ1v) is 8.93. The third-order valence-electron chi connectivity index (χ3n) is 3.63. The highest BCUT2D eigenvalue weighted by Crippen LogP contribution is 2.20. The van der Waals surface area contributed by atoms with Gasteiger partial charge in [-0.15, -0.1) is 12.4 Å². The lowest BCUT2D eigenvalue weighted by molar-refractivity contribution is -0.129. The Morgan fingerprint density at radius 2 is 1.90 bits per heavy atom. The van der Waals surface area contributed by atoms with Gasteiger partial charge in [0.05, 0.1) is 5.75 Å². The van der Waals surface area contributed by atoms with Gasteiger partial charge in [0.25, 0.3) is 0 Å². The molecule has 0 unspecified atom stereocenters. The molecule has 1 amide bonds. The number of nitrogens with one attached hydrogen (secondary N) is 1. The molecular formula is C13H27ClN2O3S. The summed E-state index contributed by atoms with van der Waals surface area (Å²) in [6.07, 6.45) is 3.68. The number of hydrogen-bond donors (Lipinski definition) is 1. The van der Waals surface area contributed by atoms with Gasteiger partial charge in [-0.05, 0) is 45.2 Å². The summed E-state index contributed by atoms with van der Waals surface area (Å²) < 4.78 is 23.3. The van der Waals surface area contributed by atoms with Gasteiger partial charge in [0.15, 0.2) is 9.84 Å². The minimum absolute atomic E-state index is 0. The van der Waals surface area contributed by atoms with Crippen molar-refractivity contribution in [3.05, 3.63) is 0 Å². The minimum Gasteiger partial charge on any atom is -0.342 e. The van der Waals surface area contributed by atoms with Gasteiger partial charge < -0.3 is 10.2 Å². The van der Waals surface area contributed by atoms with Crippen molar-refractivity contribution in [2.24, 2.45) is 5.92 Å². The molecule has 1 heterocycles. The van der Waals surface area contributed by atoms with E-state index >= 15 is 0 Å². The lowest BCUT2D eigenvalue weighted by Crippen LogP contribution is -2.42. The van der Waals surface area contributed by atoms with E-state index in [0.29, 0.717) is 25.4 Å². The third-order valence-corrected chi connectivity index (χ3v) is 5.35. The van der Waals surface area contributed by atoms with Gasteiger partial charge in [0.2, 0.25) is 5.91 Å². The van der Waals surface area contributed by atoms with Crippen LogP contribution in [0.4, 0.5) is 0 Å². The first-order valence-electron chi connectivity index (χ1n) is 7.11. The summed E-state index contributed by atoms with van der Waals surface area (Å²) in [5.41, 5.74) is 0. The number of halogens is 1. The second-order valence-corrected chi connectivity index (χ2v) is 7.49. The maximum Gasteiger partial charge on any atom is 0.237 e. The standard InChI is InChI=1S/C13H26N2O3S.ClH/c1-3-10-19(17,18)11-13(16)15-8-5-12(6-9-15)4-7-14-2;/h12,14H,3-11H2,1-2H3;1H. The van der Waals surface area contributed by atoms with Crippen molar-refractivity contribution in [3.63, 3.8) is 0 Å². The van der Waals surface area contributed by atoms with Gasteiger partial charge in [-0.25, -0.2) is 8.42 Å². The van der Waals surface area contributed by atoms with E-state index in [1.54, 1.807) is 4.90 Å². The van der Waals surface area contributed by atoms with Crippen molar-refractivity contribution < 1.29 is 13.2 Å². The Labute approximate surface area is 128 Å². The first-order chi connectivity index (χ1) is 8.98. The molecule has 0 radical (unpaired) electrons. The molecule has 1 aliphatic rings. The summed E-state index contributed by atoms with van der Waals surface area (Å²) in [6, 6.07) is 0. The van der Waals surface area contributed by atoms with Crippen molar-refractivity contribution in [1.29, 1.82) is 0 Å². The molecule has 0 spiro atoms. The maximum atomic E-state index is 11.9. The van der Waals surface area contributed by atoms with E-state index in [1.165, 1.54) is 0 Å². The van der Waals surface area contributed by atoms with E-state index in [1.807, 2.05) is 14.0 Å². The van der Waals surface area contributed by atoms with Crippen LogP contribution in [0.5, 0.6) is 0 Å². The van der Waals surface area contributed by atoms with E-state index in [-0.39, 0.29) is 29.8 Å². The fraction of sp³-hybridized carbons (Fsp3) is 0.923. The van der Waals surface area contributed by atoms with Gasteiger partial charge in [-0.3, -0.25) is 4.79 Å². The summed E-state index contributed by atoms with van der Waals surface area (Å²) in [7, 11) is -1.27. The molecule has 7 heteroatoms. The Morgan fingerprint density at radius 1 is 1.30 bits per heavy atom. The lowest BCUT2D eigenvalue weighted by Gasteiger charge is -2.32. The highest BCUT2D eigenvalue weighted by Gasteiger charge is 2.25. The fourth-order valence-electron chi connectivity index (χ4n) is 2.48. The van der Waals surface area contributed by atoms with Crippen LogP contribution in [-0.2, 0) is 14.6 Å². The van der Waals surface area contributed by atoms with Gasteiger partial charge in [0, 0.05) is 13.1 Å². The maximum absolute atomic E-state index is 11.9. The average Bonchev–Trinajstić information content (AvgIpc) is 2.36. The lowest BCUT2D eigenvalue weighted by atomic mass is 9.93. The van der Waals surface area contributed by atoms with Crippen molar-refractivity contribution in [2.45, 2.75) is 32.6 Å². The number of carbonyl (C=O) groups is 1. The minimum atomic E-state index is -3.21. The number of nitrogens with zero attached hydrogens (tertiary/aromatic N) is 1. The zero-order chi connectivity index (χ0) is 14.3. The predicted molar refractivity (Wildman–Crippen MR) is 84.0 cm³/mol. The topological polar surface area (TPSA) is 66.5 Å². The molecule has 0 aromatic carbocycles. The Hall–Kier alpha value is -0.330. The van der Waals surface area contributed by atoms with E-state index in [9.17, 15) is 13.2 Å². The van der Waals surface area contributed by atoms with Crippen LogP contribution < -0.4 is 5.32 Å². The van der Waals surface area contributed by atoms with Crippen LogP contribution in [0.3, 0.4) is 0 Å². The normalized spacial score (nSPS) is 16.8. The Bertz CT molecular complexity index is 379. The van der Waals surface area contributed by atoms with E-state index < -0.39 is 9.84 Å². The molecule has 20 heavy (non-hydrogen) atoms. The first kappa shape index (κ1) is 19.7. The predicted octanol–water partition coefficient (Wildman–Crippen LogP) is 1.08. The number of piperidine rings is 1. The molecule has 1 fully saturated rings. The summed E-state index contributed by atoms with van der Waals surface area (Å²) in [6.45, 7) is 4.22. The van der Waals surface area contributed by atoms with Gasteiger partial charge >= 0.3 is 0 Å². The van der Waals surface area contributed by atoms with Crippen LogP contribution in [0.1, 0.15) is 32.6 Å². The summed E-state index contributed by atoms with van der Waals surface area (Å²) in [5.74, 6) is 0.226. The quantitative estimate of drug-likeness (QED) is 0.760. The molecule has 120 valence electrons. The summed E-state index contributed by atoms with van der Waals surface area (Å²) >= 11 is 0. The Morgan fingerprint density at radius 3 is 2.40 bits per heavy atom. The summed E-state index contributed by atoms with van der Waals surface area (Å²) in [5, 5.41) is 3.13. The zero-order valence-corrected chi connectivity index (χ0v) is 14.1. The van der Waals surface area contributed by atoms with Crippen molar-refractivity contribution >= 4 is 28.2 Å². The van der Waals surface area contributed by atoms with Crippen LogP contribution in [-0.4, -0.2) is 57.4 Å². The molecule has 1 N–H and O–H groups in total. The molecule has 0 atom stereocenters. The number of rotatable bonds is 7. The Kier molecular flexibility index (Phi) is 9.42. The molecular weight excluding hydrogens is 300 g/mol. The van der Waals surface area contributed by atoms with E-state index in [4.69, 9.17) is 0 Å². The van der Waals surface area contributed by atoms with Gasteiger partial charge in [0.1, 0.15) is 5.75 Å². The number of carbonyl (C=O) groups excluding carboxylic acids is 1.